The van der Waals surface area contributed by atoms with E-state index in [4.69, 9.17) is 4.74 Å². The van der Waals surface area contributed by atoms with E-state index in [9.17, 15) is 9.59 Å². The Morgan fingerprint density at radius 3 is 2.38 bits per heavy atom. The van der Waals surface area contributed by atoms with Gasteiger partial charge in [0.1, 0.15) is 0 Å². The minimum atomic E-state index is -0.421. The number of rotatable bonds is 6. The van der Waals surface area contributed by atoms with E-state index in [0.717, 1.165) is 5.56 Å². The van der Waals surface area contributed by atoms with E-state index in [-0.39, 0.29) is 11.8 Å². The summed E-state index contributed by atoms with van der Waals surface area (Å²) in [5.41, 5.74) is 2.17. The number of anilines is 1. The molecule has 0 aliphatic heterocycles. The van der Waals surface area contributed by atoms with E-state index < -0.39 is 5.97 Å². The van der Waals surface area contributed by atoms with Crippen LogP contribution in [-0.4, -0.2) is 19.0 Å². The summed E-state index contributed by atoms with van der Waals surface area (Å²) in [7, 11) is 1.33. The second kappa shape index (κ2) is 8.29. The molecule has 0 saturated heterocycles. The molecule has 0 aromatic heterocycles. The second-order valence-electron chi connectivity index (χ2n) is 6.09. The molecule has 0 saturated carbocycles. The van der Waals surface area contributed by atoms with Crippen LogP contribution >= 0.6 is 0 Å². The molecule has 1 amide bonds. The van der Waals surface area contributed by atoms with Crippen LogP contribution < -0.4 is 5.32 Å². The lowest BCUT2D eigenvalue weighted by Gasteiger charge is -2.21. The van der Waals surface area contributed by atoms with Gasteiger partial charge in [0.15, 0.2) is 0 Å². The first-order chi connectivity index (χ1) is 11.5. The van der Waals surface area contributed by atoms with Gasteiger partial charge in [0.25, 0.3) is 0 Å². The Morgan fingerprint density at radius 1 is 1.04 bits per heavy atom. The van der Waals surface area contributed by atoms with Crippen molar-refractivity contribution in [3.05, 3.63) is 65.7 Å². The van der Waals surface area contributed by atoms with Crippen LogP contribution in [0.4, 0.5) is 5.69 Å². The zero-order valence-corrected chi connectivity index (χ0v) is 14.3. The highest BCUT2D eigenvalue weighted by molar-refractivity contribution is 5.94. The van der Waals surface area contributed by atoms with Crippen LogP contribution in [0.1, 0.15) is 42.1 Å². The molecule has 2 aromatic rings. The van der Waals surface area contributed by atoms with Gasteiger partial charge in [-0.05, 0) is 35.6 Å². The summed E-state index contributed by atoms with van der Waals surface area (Å²) in [6.45, 7) is 4.23. The maximum atomic E-state index is 12.4. The lowest BCUT2D eigenvalue weighted by molar-refractivity contribution is -0.116. The third-order valence-electron chi connectivity index (χ3n) is 4.01. The fourth-order valence-electron chi connectivity index (χ4n) is 2.69. The van der Waals surface area contributed by atoms with Crippen molar-refractivity contribution in [3.8, 4) is 0 Å². The molecule has 2 aromatic carbocycles. The Balaban J connectivity index is 2.08. The van der Waals surface area contributed by atoms with E-state index in [1.54, 1.807) is 24.3 Å². The number of benzene rings is 2. The molecule has 0 fully saturated rings. The van der Waals surface area contributed by atoms with Gasteiger partial charge in [-0.2, -0.15) is 0 Å². The molecular formula is C20H23NO3. The fraction of sp³-hybridized carbons (Fsp3) is 0.300. The zero-order valence-electron chi connectivity index (χ0n) is 14.3. The first-order valence-corrected chi connectivity index (χ1v) is 8.04. The zero-order chi connectivity index (χ0) is 17.5. The lowest BCUT2D eigenvalue weighted by Crippen LogP contribution is -2.19. The molecule has 0 aliphatic rings. The molecule has 1 atom stereocenters. The summed E-state index contributed by atoms with van der Waals surface area (Å²) in [4.78, 5) is 24.0. The lowest BCUT2D eigenvalue weighted by atomic mass is 9.85. The highest BCUT2D eigenvalue weighted by atomic mass is 16.5. The minimum Gasteiger partial charge on any atom is -0.465 e. The number of ether oxygens (including phenoxy) is 1. The Morgan fingerprint density at radius 2 is 1.75 bits per heavy atom. The summed E-state index contributed by atoms with van der Waals surface area (Å²) >= 11 is 0. The Labute approximate surface area is 142 Å². The van der Waals surface area contributed by atoms with E-state index in [0.29, 0.717) is 23.6 Å². The normalized spacial score (nSPS) is 11.8. The highest BCUT2D eigenvalue weighted by Crippen LogP contribution is 2.28. The van der Waals surface area contributed by atoms with Crippen molar-refractivity contribution in [1.82, 2.24) is 0 Å². The fourth-order valence-corrected chi connectivity index (χ4v) is 2.69. The molecule has 126 valence electrons. The minimum absolute atomic E-state index is 0.0698. The summed E-state index contributed by atoms with van der Waals surface area (Å²) in [5, 5.41) is 2.87. The SMILES string of the molecule is COC(=O)c1cccc(NC(=O)CC(c2ccccc2)C(C)C)c1. The quantitative estimate of drug-likeness (QED) is 0.808. The van der Waals surface area contributed by atoms with E-state index in [2.05, 4.69) is 31.3 Å². The number of carbonyl (C=O) groups is 2. The van der Waals surface area contributed by atoms with Crippen LogP contribution in [0.5, 0.6) is 0 Å². The average molecular weight is 325 g/mol. The predicted molar refractivity (Wildman–Crippen MR) is 95.0 cm³/mol. The summed E-state index contributed by atoms with van der Waals surface area (Å²) < 4.78 is 4.70. The van der Waals surface area contributed by atoms with Crippen molar-refractivity contribution in [2.24, 2.45) is 5.92 Å². The number of hydrogen-bond acceptors (Lipinski definition) is 3. The third kappa shape index (κ3) is 4.69. The van der Waals surface area contributed by atoms with Gasteiger partial charge >= 0.3 is 5.97 Å². The van der Waals surface area contributed by atoms with E-state index >= 15 is 0 Å². The molecule has 2 rings (SSSR count). The van der Waals surface area contributed by atoms with Crippen LogP contribution in [0.3, 0.4) is 0 Å². The van der Waals surface area contributed by atoms with Crippen LogP contribution in [0.2, 0.25) is 0 Å². The number of esters is 1. The standard InChI is InChI=1S/C20H23NO3/c1-14(2)18(15-8-5-4-6-9-15)13-19(22)21-17-11-7-10-16(12-17)20(23)24-3/h4-12,14,18H,13H2,1-3H3,(H,21,22). The molecule has 0 aliphatic carbocycles. The summed E-state index contributed by atoms with van der Waals surface area (Å²) in [5.74, 6) is 0.00422. The van der Waals surface area contributed by atoms with Crippen molar-refractivity contribution in [2.75, 3.05) is 12.4 Å². The number of hydrogen-bond donors (Lipinski definition) is 1. The molecule has 24 heavy (non-hydrogen) atoms. The highest BCUT2D eigenvalue weighted by Gasteiger charge is 2.19. The molecule has 1 unspecified atom stereocenters. The monoisotopic (exact) mass is 325 g/mol. The number of methoxy groups -OCH3 is 1. The smallest absolute Gasteiger partial charge is 0.337 e. The van der Waals surface area contributed by atoms with Gasteiger partial charge in [0.2, 0.25) is 5.91 Å². The van der Waals surface area contributed by atoms with Crippen LogP contribution in [-0.2, 0) is 9.53 Å². The number of carbonyl (C=O) groups excluding carboxylic acids is 2. The molecule has 0 heterocycles. The average Bonchev–Trinajstić information content (AvgIpc) is 2.59. The Kier molecular flexibility index (Phi) is 6.13. The van der Waals surface area contributed by atoms with Crippen LogP contribution in [0, 0.1) is 5.92 Å². The van der Waals surface area contributed by atoms with Crippen molar-refractivity contribution >= 4 is 17.6 Å². The predicted octanol–water partition coefficient (Wildman–Crippen LogP) is 4.24. The van der Waals surface area contributed by atoms with Gasteiger partial charge < -0.3 is 10.1 Å². The first kappa shape index (κ1) is 17.7. The van der Waals surface area contributed by atoms with Crippen LogP contribution in [0.15, 0.2) is 54.6 Å². The van der Waals surface area contributed by atoms with E-state index in [1.807, 2.05) is 18.2 Å². The second-order valence-corrected chi connectivity index (χ2v) is 6.09. The molecule has 4 nitrogen and oxygen atoms in total. The topological polar surface area (TPSA) is 55.4 Å². The van der Waals surface area contributed by atoms with Gasteiger partial charge in [-0.1, -0.05) is 50.2 Å². The van der Waals surface area contributed by atoms with Gasteiger partial charge in [0, 0.05) is 12.1 Å². The van der Waals surface area contributed by atoms with Crippen molar-refractivity contribution in [1.29, 1.82) is 0 Å². The first-order valence-electron chi connectivity index (χ1n) is 8.04. The molecule has 0 spiro atoms. The summed E-state index contributed by atoms with van der Waals surface area (Å²) in [6, 6.07) is 16.8. The number of nitrogens with one attached hydrogen (secondary N) is 1. The van der Waals surface area contributed by atoms with Gasteiger partial charge in [-0.25, -0.2) is 4.79 Å². The molecule has 0 radical (unpaired) electrons. The van der Waals surface area contributed by atoms with E-state index in [1.165, 1.54) is 7.11 Å². The maximum Gasteiger partial charge on any atom is 0.337 e. The van der Waals surface area contributed by atoms with Gasteiger partial charge in [0.05, 0.1) is 12.7 Å². The van der Waals surface area contributed by atoms with Gasteiger partial charge in [-0.3, -0.25) is 4.79 Å². The summed E-state index contributed by atoms with van der Waals surface area (Å²) in [6.07, 6.45) is 0.393. The van der Waals surface area contributed by atoms with Crippen molar-refractivity contribution in [3.63, 3.8) is 0 Å². The maximum absolute atomic E-state index is 12.4. The third-order valence-corrected chi connectivity index (χ3v) is 4.01. The van der Waals surface area contributed by atoms with Gasteiger partial charge in [-0.15, -0.1) is 0 Å². The Hall–Kier alpha value is -2.62. The molecule has 1 N–H and O–H groups in total. The molecular weight excluding hydrogens is 302 g/mol. The van der Waals surface area contributed by atoms with Crippen LogP contribution in [0.25, 0.3) is 0 Å². The number of amides is 1. The largest absolute Gasteiger partial charge is 0.465 e. The molecule has 0 bridgehead atoms. The van der Waals surface area contributed by atoms with Crippen molar-refractivity contribution < 1.29 is 14.3 Å². The molecule has 4 heteroatoms. The Bertz CT molecular complexity index is 695. The van der Waals surface area contributed by atoms with Crippen molar-refractivity contribution in [2.45, 2.75) is 26.2 Å².